The van der Waals surface area contributed by atoms with Crippen molar-refractivity contribution in [2.75, 3.05) is 6.61 Å². The first-order chi connectivity index (χ1) is 12.7. The maximum absolute atomic E-state index is 11.2. The average Bonchev–Trinajstić information content (AvgIpc) is 2.65. The molecule has 0 fully saturated rings. The minimum Gasteiger partial charge on any atom is -0.461 e. The first kappa shape index (κ1) is 20.0. The highest BCUT2D eigenvalue weighted by Gasteiger charge is 2.04. The fraction of sp³-hybridized carbons (Fsp3) is 0.375. The van der Waals surface area contributed by atoms with Gasteiger partial charge in [0.2, 0.25) is 0 Å². The number of unbranched alkanes of at least 4 members (excludes halogenated alkanes) is 3. The molecule has 0 amide bonds. The predicted octanol–water partition coefficient (Wildman–Crippen LogP) is 6.00. The van der Waals surface area contributed by atoms with E-state index in [9.17, 15) is 4.79 Å². The smallest absolute Gasteiger partial charge is 0.302 e. The van der Waals surface area contributed by atoms with Crippen molar-refractivity contribution in [1.29, 1.82) is 0 Å². The number of esters is 1. The third kappa shape index (κ3) is 7.69. The quantitative estimate of drug-likeness (QED) is 0.388. The number of hydrogen-bond acceptors (Lipinski definition) is 2. The van der Waals surface area contributed by atoms with Crippen LogP contribution in [0, 0.1) is 0 Å². The van der Waals surface area contributed by atoms with E-state index >= 15 is 0 Å². The molecule has 0 aliphatic carbocycles. The summed E-state index contributed by atoms with van der Waals surface area (Å²) in [6, 6.07) is 19.0. The van der Waals surface area contributed by atoms with Gasteiger partial charge in [-0.3, -0.25) is 4.79 Å². The molecule has 0 unspecified atom stereocenters. The number of rotatable bonds is 10. The van der Waals surface area contributed by atoms with Crippen molar-refractivity contribution < 1.29 is 9.53 Å². The Kier molecular flexibility index (Phi) is 8.68. The van der Waals surface area contributed by atoms with E-state index in [2.05, 4.69) is 49.4 Å². The third-order valence-corrected chi connectivity index (χ3v) is 4.40. The molecule has 0 spiro atoms. The lowest BCUT2D eigenvalue weighted by Crippen LogP contribution is -2.05. The van der Waals surface area contributed by atoms with Crippen molar-refractivity contribution in [3.05, 3.63) is 76.9 Å². The van der Waals surface area contributed by atoms with E-state index in [1.54, 1.807) is 0 Å². The fourth-order valence-corrected chi connectivity index (χ4v) is 2.97. The van der Waals surface area contributed by atoms with E-state index in [1.807, 2.05) is 18.2 Å². The summed E-state index contributed by atoms with van der Waals surface area (Å²) in [5.41, 5.74) is 4.86. The average molecular weight is 351 g/mol. The van der Waals surface area contributed by atoms with Crippen LogP contribution < -0.4 is 0 Å². The van der Waals surface area contributed by atoms with E-state index in [4.69, 9.17) is 4.74 Å². The maximum atomic E-state index is 11.2. The van der Waals surface area contributed by atoms with Crippen LogP contribution in [0.25, 0.3) is 6.08 Å². The van der Waals surface area contributed by atoms with Crippen LogP contribution in [0.4, 0.5) is 0 Å². The second-order valence-electron chi connectivity index (χ2n) is 6.80. The number of ether oxygens (including phenoxy) is 1. The molecule has 138 valence electrons. The van der Waals surface area contributed by atoms with Crippen molar-refractivity contribution in [2.45, 2.75) is 52.4 Å². The van der Waals surface area contributed by atoms with Crippen LogP contribution in [0.2, 0.25) is 0 Å². The van der Waals surface area contributed by atoms with Gasteiger partial charge in [0, 0.05) is 6.92 Å². The monoisotopic (exact) mass is 350 g/mol. The number of hydrogen-bond donors (Lipinski definition) is 0. The highest BCUT2D eigenvalue weighted by Crippen LogP contribution is 2.15. The number of aryl methyl sites for hydroxylation is 1. The van der Waals surface area contributed by atoms with Gasteiger partial charge >= 0.3 is 5.97 Å². The molecule has 0 atom stereocenters. The minimum absolute atomic E-state index is 0.244. The lowest BCUT2D eigenvalue weighted by Gasteiger charge is -2.09. The van der Waals surface area contributed by atoms with Gasteiger partial charge in [0.25, 0.3) is 0 Å². The molecule has 2 rings (SSSR count). The number of carbonyl (C=O) groups excluding carboxylic acids is 1. The molecule has 0 bridgehead atoms. The van der Waals surface area contributed by atoms with Crippen molar-refractivity contribution >= 4 is 12.0 Å². The summed E-state index contributed by atoms with van der Waals surface area (Å²) in [5, 5.41) is 0. The highest BCUT2D eigenvalue weighted by molar-refractivity contribution is 5.66. The predicted molar refractivity (Wildman–Crippen MR) is 109 cm³/mol. The third-order valence-electron chi connectivity index (χ3n) is 4.40. The summed E-state index contributed by atoms with van der Waals surface area (Å²) in [4.78, 5) is 11.2. The molecule has 0 aliphatic rings. The fourth-order valence-electron chi connectivity index (χ4n) is 2.97. The molecule has 0 heterocycles. The zero-order chi connectivity index (χ0) is 18.6. The molecule has 2 heteroatoms. The molecule has 0 saturated heterocycles. The summed E-state index contributed by atoms with van der Waals surface area (Å²) < 4.78 is 5.24. The van der Waals surface area contributed by atoms with Crippen LogP contribution in [0.15, 0.2) is 60.2 Å². The zero-order valence-corrected chi connectivity index (χ0v) is 16.0. The molecule has 0 saturated carbocycles. The van der Waals surface area contributed by atoms with Crippen LogP contribution >= 0.6 is 0 Å². The van der Waals surface area contributed by atoms with Gasteiger partial charge in [-0.25, -0.2) is 0 Å². The Morgan fingerprint density at radius 1 is 0.923 bits per heavy atom. The van der Waals surface area contributed by atoms with E-state index in [-0.39, 0.29) is 5.97 Å². The second-order valence-corrected chi connectivity index (χ2v) is 6.80. The van der Waals surface area contributed by atoms with E-state index < -0.39 is 0 Å². The molecule has 0 aromatic heterocycles. The van der Waals surface area contributed by atoms with Crippen LogP contribution in [0.3, 0.4) is 0 Å². The van der Waals surface area contributed by atoms with Gasteiger partial charge < -0.3 is 4.74 Å². The van der Waals surface area contributed by atoms with Gasteiger partial charge in [-0.2, -0.15) is 0 Å². The van der Waals surface area contributed by atoms with Gasteiger partial charge in [0.05, 0.1) is 0 Å². The summed E-state index contributed by atoms with van der Waals surface area (Å²) in [6.45, 7) is 4.03. The molecule has 2 nitrogen and oxygen atoms in total. The Bertz CT molecular complexity index is 684. The Morgan fingerprint density at radius 2 is 1.65 bits per heavy atom. The second kappa shape index (κ2) is 11.3. The molecular formula is C24H30O2. The zero-order valence-electron chi connectivity index (χ0n) is 16.0. The summed E-state index contributed by atoms with van der Waals surface area (Å²) in [5.74, 6) is -0.244. The van der Waals surface area contributed by atoms with Gasteiger partial charge in [0.15, 0.2) is 0 Å². The lowest BCUT2D eigenvalue weighted by atomic mass is 10.0. The first-order valence-corrected chi connectivity index (χ1v) is 9.63. The van der Waals surface area contributed by atoms with Crippen molar-refractivity contribution in [1.82, 2.24) is 0 Å². The van der Waals surface area contributed by atoms with Gasteiger partial charge in [-0.05, 0) is 41.5 Å². The van der Waals surface area contributed by atoms with E-state index in [0.29, 0.717) is 6.61 Å². The Morgan fingerprint density at radius 3 is 2.31 bits per heavy atom. The normalized spacial score (nSPS) is 11.4. The maximum Gasteiger partial charge on any atom is 0.302 e. The lowest BCUT2D eigenvalue weighted by molar-refractivity contribution is -0.139. The van der Waals surface area contributed by atoms with Crippen molar-refractivity contribution in [3.63, 3.8) is 0 Å². The van der Waals surface area contributed by atoms with Crippen LogP contribution in [0.1, 0.15) is 56.2 Å². The Labute approximate surface area is 157 Å². The summed E-state index contributed by atoms with van der Waals surface area (Å²) in [6.07, 6.45) is 9.23. The molecule has 26 heavy (non-hydrogen) atoms. The number of benzene rings is 2. The van der Waals surface area contributed by atoms with Gasteiger partial charge in [-0.15, -0.1) is 0 Å². The first-order valence-electron chi connectivity index (χ1n) is 9.63. The molecule has 0 radical (unpaired) electrons. The van der Waals surface area contributed by atoms with E-state index in [1.165, 1.54) is 43.7 Å². The van der Waals surface area contributed by atoms with Crippen molar-refractivity contribution in [2.24, 2.45) is 0 Å². The molecule has 2 aromatic carbocycles. The number of carbonyl (C=O) groups is 1. The SMILES string of the molecule is CCCCCCc1ccc(C=C(COC(C)=O)Cc2ccccc2)cc1. The van der Waals surface area contributed by atoms with Gasteiger partial charge in [-0.1, -0.05) is 86.9 Å². The molecular weight excluding hydrogens is 320 g/mol. The molecule has 0 aliphatic heterocycles. The molecule has 0 N–H and O–H groups in total. The molecule has 2 aromatic rings. The van der Waals surface area contributed by atoms with Gasteiger partial charge in [0.1, 0.15) is 6.61 Å². The van der Waals surface area contributed by atoms with Crippen LogP contribution in [-0.2, 0) is 22.4 Å². The standard InChI is InChI=1S/C24H30O2/c1-3-4-5-7-10-21-13-15-23(16-14-21)18-24(19-26-20(2)25)17-22-11-8-6-9-12-22/h6,8-9,11-16,18H,3-5,7,10,17,19H2,1-2H3. The minimum atomic E-state index is -0.244. The summed E-state index contributed by atoms with van der Waals surface area (Å²) in [7, 11) is 0. The Hall–Kier alpha value is -2.35. The van der Waals surface area contributed by atoms with Crippen LogP contribution in [-0.4, -0.2) is 12.6 Å². The highest BCUT2D eigenvalue weighted by atomic mass is 16.5. The van der Waals surface area contributed by atoms with Crippen molar-refractivity contribution in [3.8, 4) is 0 Å². The largest absolute Gasteiger partial charge is 0.461 e. The Balaban J connectivity index is 2.03. The summed E-state index contributed by atoms with van der Waals surface area (Å²) >= 11 is 0. The topological polar surface area (TPSA) is 26.3 Å². The van der Waals surface area contributed by atoms with Crippen LogP contribution in [0.5, 0.6) is 0 Å². The van der Waals surface area contributed by atoms with E-state index in [0.717, 1.165) is 24.0 Å².